The highest BCUT2D eigenvalue weighted by molar-refractivity contribution is 5.92. The summed E-state index contributed by atoms with van der Waals surface area (Å²) < 4.78 is 0. The number of amides is 2. The fourth-order valence-electron chi connectivity index (χ4n) is 3.47. The third kappa shape index (κ3) is 7.01. The van der Waals surface area contributed by atoms with Crippen molar-refractivity contribution in [2.45, 2.75) is 70.6 Å². The molecule has 1 aliphatic carbocycles. The van der Waals surface area contributed by atoms with Gasteiger partial charge in [-0.1, -0.05) is 25.7 Å². The molecule has 2 unspecified atom stereocenters. The van der Waals surface area contributed by atoms with Crippen LogP contribution in [-0.2, 0) is 14.4 Å². The zero-order valence-corrected chi connectivity index (χ0v) is 15.9. The minimum atomic E-state index is -1.14. The van der Waals surface area contributed by atoms with Gasteiger partial charge in [0.25, 0.3) is 0 Å². The quantitative estimate of drug-likeness (QED) is 0.329. The van der Waals surface area contributed by atoms with Gasteiger partial charge < -0.3 is 27.2 Å². The van der Waals surface area contributed by atoms with E-state index in [0.717, 1.165) is 19.3 Å². The Morgan fingerprint density at radius 1 is 1.12 bits per heavy atom. The van der Waals surface area contributed by atoms with Crippen molar-refractivity contribution in [1.29, 1.82) is 0 Å². The fourth-order valence-corrected chi connectivity index (χ4v) is 3.47. The van der Waals surface area contributed by atoms with E-state index in [1.807, 2.05) is 0 Å². The maximum absolute atomic E-state index is 12.7. The normalized spacial score (nSPS) is 19.4. The van der Waals surface area contributed by atoms with Crippen LogP contribution in [0.3, 0.4) is 0 Å². The summed E-state index contributed by atoms with van der Waals surface area (Å²) in [6.45, 7) is 3.09. The van der Waals surface area contributed by atoms with Crippen molar-refractivity contribution in [3.05, 3.63) is 0 Å². The number of aliphatic hydroxyl groups is 1. The minimum Gasteiger partial charge on any atom is -0.391 e. The second-order valence-electron chi connectivity index (χ2n) is 7.29. The molecule has 7 N–H and O–H groups in total. The Hall–Kier alpha value is -1.51. The number of aliphatic hydroxyl groups excluding tert-OH is 1. The van der Waals surface area contributed by atoms with Gasteiger partial charge in [-0.05, 0) is 39.2 Å². The first-order valence-electron chi connectivity index (χ1n) is 9.49. The molecule has 0 spiro atoms. The van der Waals surface area contributed by atoms with Gasteiger partial charge in [-0.3, -0.25) is 14.4 Å². The molecule has 0 aliphatic heterocycles. The van der Waals surface area contributed by atoms with Crippen LogP contribution in [0.5, 0.6) is 0 Å². The van der Waals surface area contributed by atoms with Crippen LogP contribution < -0.4 is 22.1 Å². The van der Waals surface area contributed by atoms with E-state index >= 15 is 0 Å². The van der Waals surface area contributed by atoms with E-state index in [0.29, 0.717) is 18.9 Å². The molecule has 1 rings (SSSR count). The Morgan fingerprint density at radius 2 is 1.73 bits per heavy atom. The first-order valence-corrected chi connectivity index (χ1v) is 9.49. The lowest BCUT2D eigenvalue weighted by Gasteiger charge is -2.26. The first-order chi connectivity index (χ1) is 12.3. The average molecular weight is 370 g/mol. The van der Waals surface area contributed by atoms with E-state index in [2.05, 4.69) is 10.6 Å². The minimum absolute atomic E-state index is 0.0426. The number of carbonyl (C=O) groups excluding carboxylic acids is 3. The summed E-state index contributed by atoms with van der Waals surface area (Å²) in [6, 6.07) is -1.97. The second-order valence-corrected chi connectivity index (χ2v) is 7.29. The van der Waals surface area contributed by atoms with E-state index in [1.54, 1.807) is 0 Å². The Labute approximate surface area is 155 Å². The molecule has 8 nitrogen and oxygen atoms in total. The Kier molecular flexibility index (Phi) is 9.75. The third-order valence-electron chi connectivity index (χ3n) is 5.08. The van der Waals surface area contributed by atoms with E-state index in [4.69, 9.17) is 11.5 Å². The highest BCUT2D eigenvalue weighted by Gasteiger charge is 2.31. The van der Waals surface area contributed by atoms with Crippen LogP contribution >= 0.6 is 0 Å². The van der Waals surface area contributed by atoms with Gasteiger partial charge >= 0.3 is 0 Å². The zero-order valence-electron chi connectivity index (χ0n) is 15.9. The predicted molar refractivity (Wildman–Crippen MR) is 99.0 cm³/mol. The van der Waals surface area contributed by atoms with Crippen LogP contribution in [0.15, 0.2) is 0 Å². The van der Waals surface area contributed by atoms with Crippen molar-refractivity contribution in [2.75, 3.05) is 13.1 Å². The number of carbonyl (C=O) groups is 3. The lowest BCUT2D eigenvalue weighted by molar-refractivity contribution is -0.135. The zero-order chi connectivity index (χ0) is 19.7. The Bertz CT molecular complexity index is 478. The highest BCUT2D eigenvalue weighted by Crippen LogP contribution is 2.31. The molecular formula is C18H34N4O4. The van der Waals surface area contributed by atoms with Crippen molar-refractivity contribution in [1.82, 2.24) is 10.6 Å². The predicted octanol–water partition coefficient (Wildman–Crippen LogP) is -0.570. The summed E-state index contributed by atoms with van der Waals surface area (Å²) in [5.74, 6) is -0.952. The largest absolute Gasteiger partial charge is 0.391 e. The van der Waals surface area contributed by atoms with E-state index in [1.165, 1.54) is 26.7 Å². The number of hydrogen-bond acceptors (Lipinski definition) is 6. The molecule has 0 aromatic rings. The van der Waals surface area contributed by atoms with Crippen LogP contribution in [0, 0.1) is 11.8 Å². The smallest absolute Gasteiger partial charge is 0.245 e. The average Bonchev–Trinajstić information content (AvgIpc) is 3.09. The van der Waals surface area contributed by atoms with E-state index in [-0.39, 0.29) is 24.2 Å². The summed E-state index contributed by atoms with van der Waals surface area (Å²) >= 11 is 0. The van der Waals surface area contributed by atoms with Gasteiger partial charge in [0.15, 0.2) is 5.78 Å². The number of Topliss-reactive ketones (excluding diaryl/α,β-unsaturated/α-hetero) is 1. The van der Waals surface area contributed by atoms with Crippen LogP contribution in [0.1, 0.15) is 52.4 Å². The van der Waals surface area contributed by atoms with E-state index in [9.17, 15) is 19.5 Å². The number of nitrogens with two attached hydrogens (primary N) is 2. The third-order valence-corrected chi connectivity index (χ3v) is 5.08. The van der Waals surface area contributed by atoms with Crippen molar-refractivity contribution >= 4 is 17.6 Å². The number of rotatable bonds is 11. The van der Waals surface area contributed by atoms with Crippen molar-refractivity contribution in [3.8, 4) is 0 Å². The molecule has 0 aromatic heterocycles. The van der Waals surface area contributed by atoms with Crippen molar-refractivity contribution < 1.29 is 19.5 Å². The first kappa shape index (κ1) is 22.5. The second kappa shape index (κ2) is 11.3. The van der Waals surface area contributed by atoms with Gasteiger partial charge in [-0.15, -0.1) is 0 Å². The molecule has 0 aromatic carbocycles. The molecule has 2 amide bonds. The lowest BCUT2D eigenvalue weighted by Crippen LogP contribution is -2.57. The monoisotopic (exact) mass is 370 g/mol. The van der Waals surface area contributed by atoms with Gasteiger partial charge in [0.2, 0.25) is 11.8 Å². The standard InChI is InChI=1S/C18H34N4O4/c1-11(23)15(10-20)21-18(26)16(12(2)24)22-17(25)14(7-8-19)9-13-5-3-4-6-13/h12-16,24H,3-10,19-20H2,1-2H3,(H,21,26)(H,22,25)/t12?,14?,15-,16-/m0/s1. The van der Waals surface area contributed by atoms with Crippen molar-refractivity contribution in [2.24, 2.45) is 23.3 Å². The SMILES string of the molecule is CC(=O)[C@H](CN)NC(=O)[C@@H](NC(=O)C(CCN)CC1CCCC1)C(C)O. The van der Waals surface area contributed by atoms with Crippen molar-refractivity contribution in [3.63, 3.8) is 0 Å². The summed E-state index contributed by atoms with van der Waals surface area (Å²) in [4.78, 5) is 36.5. The molecule has 0 radical (unpaired) electrons. The topological polar surface area (TPSA) is 148 Å². The molecule has 1 fully saturated rings. The molecule has 0 heterocycles. The Morgan fingerprint density at radius 3 is 2.19 bits per heavy atom. The van der Waals surface area contributed by atoms with Crippen LogP contribution in [-0.4, -0.2) is 54.0 Å². The van der Waals surface area contributed by atoms with Crippen LogP contribution in [0.2, 0.25) is 0 Å². The molecule has 8 heteroatoms. The highest BCUT2D eigenvalue weighted by atomic mass is 16.3. The Balaban J connectivity index is 2.73. The molecule has 150 valence electrons. The van der Waals surface area contributed by atoms with Gasteiger partial charge in [0, 0.05) is 12.5 Å². The van der Waals surface area contributed by atoms with Gasteiger partial charge in [0.05, 0.1) is 12.1 Å². The number of nitrogens with one attached hydrogen (secondary N) is 2. The summed E-state index contributed by atoms with van der Waals surface area (Å²) in [7, 11) is 0. The van der Waals surface area contributed by atoms with Gasteiger partial charge in [-0.2, -0.15) is 0 Å². The number of hydrogen-bond donors (Lipinski definition) is 5. The summed E-state index contributed by atoms with van der Waals surface area (Å²) in [6.07, 6.45) is 4.79. The maximum atomic E-state index is 12.7. The molecule has 0 bridgehead atoms. The molecular weight excluding hydrogens is 336 g/mol. The fraction of sp³-hybridized carbons (Fsp3) is 0.833. The summed E-state index contributed by atoms with van der Waals surface area (Å²) in [5, 5.41) is 15.1. The molecule has 4 atom stereocenters. The van der Waals surface area contributed by atoms with Gasteiger partial charge in [0.1, 0.15) is 6.04 Å². The lowest BCUT2D eigenvalue weighted by atomic mass is 9.90. The van der Waals surface area contributed by atoms with Crippen LogP contribution in [0.4, 0.5) is 0 Å². The van der Waals surface area contributed by atoms with Crippen LogP contribution in [0.25, 0.3) is 0 Å². The molecule has 1 aliphatic rings. The molecule has 1 saturated carbocycles. The van der Waals surface area contributed by atoms with Gasteiger partial charge in [-0.25, -0.2) is 0 Å². The summed E-state index contributed by atoms with van der Waals surface area (Å²) in [5.41, 5.74) is 11.1. The van der Waals surface area contributed by atoms with E-state index < -0.39 is 24.1 Å². The maximum Gasteiger partial charge on any atom is 0.245 e. The molecule has 26 heavy (non-hydrogen) atoms. The number of ketones is 1. The molecule has 0 saturated heterocycles.